The Morgan fingerprint density at radius 3 is 2.45 bits per heavy atom. The number of hydrogen-bond donors (Lipinski definition) is 1. The first kappa shape index (κ1) is 15.1. The van der Waals surface area contributed by atoms with Crippen molar-refractivity contribution >= 4 is 28.1 Å². The molecule has 0 amide bonds. The zero-order valence-electron chi connectivity index (χ0n) is 10.8. The quantitative estimate of drug-likeness (QED) is 0.858. The van der Waals surface area contributed by atoms with Gasteiger partial charge in [0.05, 0.1) is 11.3 Å². The minimum absolute atomic E-state index is 0.0665. The lowest BCUT2D eigenvalue weighted by Crippen LogP contribution is -2.07. The Bertz CT molecular complexity index is 637. The van der Waals surface area contributed by atoms with E-state index in [1.54, 1.807) is 6.92 Å². The lowest BCUT2D eigenvalue weighted by Gasteiger charge is -2.14. The predicted molar refractivity (Wildman–Crippen MR) is 75.2 cm³/mol. The number of alkyl halides is 3. The van der Waals surface area contributed by atoms with Crippen LogP contribution in [0.2, 0.25) is 5.02 Å². The van der Waals surface area contributed by atoms with Gasteiger partial charge in [0.1, 0.15) is 0 Å². The van der Waals surface area contributed by atoms with Gasteiger partial charge in [-0.1, -0.05) is 18.5 Å². The maximum absolute atomic E-state index is 12.8. The number of nitrogens with zero attached hydrogens (tertiary/aromatic N) is 1. The molecule has 1 aromatic carbocycles. The second-order valence-electron chi connectivity index (χ2n) is 4.49. The molecule has 7 heteroatoms. The molecule has 1 atom stereocenters. The first-order valence-electron chi connectivity index (χ1n) is 5.79. The minimum atomic E-state index is -4.42. The zero-order valence-corrected chi connectivity index (χ0v) is 12.3. The van der Waals surface area contributed by atoms with Gasteiger partial charge in [-0.2, -0.15) is 13.2 Å². The van der Waals surface area contributed by atoms with Crippen molar-refractivity contribution in [1.29, 1.82) is 0 Å². The third kappa shape index (κ3) is 3.07. The van der Waals surface area contributed by atoms with Crippen LogP contribution in [0.5, 0.6) is 0 Å². The first-order valence-corrected chi connectivity index (χ1v) is 6.98. The van der Waals surface area contributed by atoms with Crippen molar-refractivity contribution in [2.45, 2.75) is 25.9 Å². The number of aromatic nitrogens is 1. The maximum Gasteiger partial charge on any atom is 0.416 e. The van der Waals surface area contributed by atoms with Crippen LogP contribution in [-0.4, -0.2) is 4.98 Å². The van der Waals surface area contributed by atoms with Gasteiger partial charge in [-0.05, 0) is 30.7 Å². The summed E-state index contributed by atoms with van der Waals surface area (Å²) in [6.07, 6.45) is -4.42. The average molecular weight is 321 g/mol. The van der Waals surface area contributed by atoms with Crippen molar-refractivity contribution in [2.24, 2.45) is 0 Å². The number of nitrogens with two attached hydrogens (primary N) is 1. The fourth-order valence-corrected chi connectivity index (χ4v) is 3.17. The number of benzene rings is 1. The first-order chi connectivity index (χ1) is 9.18. The molecule has 0 aliphatic heterocycles. The van der Waals surface area contributed by atoms with Crippen molar-refractivity contribution in [3.8, 4) is 0 Å². The van der Waals surface area contributed by atoms with Gasteiger partial charge in [0.15, 0.2) is 5.13 Å². The number of rotatable bonds is 2. The fraction of sp³-hybridized carbons (Fsp3) is 0.308. The third-order valence-electron chi connectivity index (χ3n) is 2.99. The van der Waals surface area contributed by atoms with Gasteiger partial charge in [0.2, 0.25) is 0 Å². The molecule has 2 N–H and O–H groups in total. The fourth-order valence-electron chi connectivity index (χ4n) is 2.01. The van der Waals surface area contributed by atoms with Crippen LogP contribution in [0.15, 0.2) is 18.2 Å². The molecule has 0 bridgehead atoms. The largest absolute Gasteiger partial charge is 0.416 e. The average Bonchev–Trinajstić information content (AvgIpc) is 2.65. The Morgan fingerprint density at radius 2 is 1.95 bits per heavy atom. The maximum atomic E-state index is 12.8. The molecule has 20 heavy (non-hydrogen) atoms. The van der Waals surface area contributed by atoms with Gasteiger partial charge < -0.3 is 5.73 Å². The lowest BCUT2D eigenvalue weighted by molar-refractivity contribution is -0.137. The molecule has 2 rings (SSSR count). The van der Waals surface area contributed by atoms with Gasteiger partial charge in [0.25, 0.3) is 0 Å². The molecule has 0 saturated carbocycles. The summed E-state index contributed by atoms with van der Waals surface area (Å²) in [4.78, 5) is 4.94. The Kier molecular flexibility index (Phi) is 3.97. The number of nitrogen functional groups attached to an aromatic ring is 1. The SMILES string of the molecule is Cc1nc(N)sc1C(C)c1cc(Cl)cc(C(F)(F)F)c1. The summed E-state index contributed by atoms with van der Waals surface area (Å²) in [6, 6.07) is 3.58. The molecule has 0 fully saturated rings. The molecule has 0 spiro atoms. The molecule has 0 aliphatic carbocycles. The summed E-state index contributed by atoms with van der Waals surface area (Å²) >= 11 is 7.07. The highest BCUT2D eigenvalue weighted by molar-refractivity contribution is 7.15. The van der Waals surface area contributed by atoms with Crippen LogP contribution in [0.4, 0.5) is 18.3 Å². The van der Waals surface area contributed by atoms with Crippen LogP contribution in [0.1, 0.15) is 34.5 Å². The highest BCUT2D eigenvalue weighted by Crippen LogP contribution is 2.37. The number of halogens is 4. The second-order valence-corrected chi connectivity index (χ2v) is 5.99. The van der Waals surface area contributed by atoms with E-state index in [1.165, 1.54) is 17.4 Å². The van der Waals surface area contributed by atoms with Gasteiger partial charge in [0, 0.05) is 15.8 Å². The summed E-state index contributed by atoms with van der Waals surface area (Å²) in [7, 11) is 0. The van der Waals surface area contributed by atoms with Crippen LogP contribution in [-0.2, 0) is 6.18 Å². The van der Waals surface area contributed by atoms with E-state index in [4.69, 9.17) is 17.3 Å². The zero-order chi connectivity index (χ0) is 15.1. The van der Waals surface area contributed by atoms with Crippen molar-refractivity contribution in [3.63, 3.8) is 0 Å². The smallest absolute Gasteiger partial charge is 0.375 e. The molecule has 1 heterocycles. The van der Waals surface area contributed by atoms with Gasteiger partial charge >= 0.3 is 6.18 Å². The van der Waals surface area contributed by atoms with E-state index >= 15 is 0 Å². The van der Waals surface area contributed by atoms with Crippen molar-refractivity contribution in [1.82, 2.24) is 4.98 Å². The van der Waals surface area contributed by atoms with Gasteiger partial charge in [-0.15, -0.1) is 11.3 Å². The van der Waals surface area contributed by atoms with Crippen molar-refractivity contribution in [2.75, 3.05) is 5.73 Å². The topological polar surface area (TPSA) is 38.9 Å². The van der Waals surface area contributed by atoms with Crippen LogP contribution in [0, 0.1) is 6.92 Å². The Labute approximate surface area is 123 Å². The van der Waals surface area contributed by atoms with Crippen LogP contribution >= 0.6 is 22.9 Å². The van der Waals surface area contributed by atoms with Crippen LogP contribution in [0.25, 0.3) is 0 Å². The van der Waals surface area contributed by atoms with Gasteiger partial charge in [-0.3, -0.25) is 0 Å². The number of thiazole rings is 1. The molecule has 108 valence electrons. The molecule has 0 aliphatic rings. The van der Waals surface area contributed by atoms with E-state index in [2.05, 4.69) is 4.98 Å². The third-order valence-corrected chi connectivity index (χ3v) is 4.38. The molecule has 0 radical (unpaired) electrons. The number of anilines is 1. The van der Waals surface area contributed by atoms with E-state index in [1.807, 2.05) is 6.92 Å². The monoisotopic (exact) mass is 320 g/mol. The highest BCUT2D eigenvalue weighted by atomic mass is 35.5. The second kappa shape index (κ2) is 5.26. The molecule has 1 aromatic heterocycles. The number of hydrogen-bond acceptors (Lipinski definition) is 3. The summed E-state index contributed by atoms with van der Waals surface area (Å²) in [5.41, 5.74) is 6.10. The molecular weight excluding hydrogens is 309 g/mol. The van der Waals surface area contributed by atoms with Crippen molar-refractivity contribution in [3.05, 3.63) is 44.9 Å². The van der Waals surface area contributed by atoms with Crippen LogP contribution < -0.4 is 5.73 Å². The molecule has 0 saturated heterocycles. The van der Waals surface area contributed by atoms with Gasteiger partial charge in [-0.25, -0.2) is 4.98 Å². The summed E-state index contributed by atoms with van der Waals surface area (Å²) < 4.78 is 38.4. The number of aryl methyl sites for hydroxylation is 1. The molecule has 2 aromatic rings. The summed E-state index contributed by atoms with van der Waals surface area (Å²) in [6.45, 7) is 3.60. The highest BCUT2D eigenvalue weighted by Gasteiger charge is 2.31. The molecule has 2 nitrogen and oxygen atoms in total. The normalized spacial score (nSPS) is 13.5. The summed E-state index contributed by atoms with van der Waals surface area (Å²) in [5.74, 6) is -0.246. The van der Waals surface area contributed by atoms with E-state index < -0.39 is 11.7 Å². The molecular formula is C13H12ClF3N2S. The van der Waals surface area contributed by atoms with Crippen molar-refractivity contribution < 1.29 is 13.2 Å². The molecule has 1 unspecified atom stereocenters. The predicted octanol–water partition coefficient (Wildman–Crippen LogP) is 4.86. The lowest BCUT2D eigenvalue weighted by atomic mass is 9.96. The van der Waals surface area contributed by atoms with E-state index in [9.17, 15) is 13.2 Å². The Morgan fingerprint density at radius 1 is 1.30 bits per heavy atom. The Hall–Kier alpha value is -1.27. The minimum Gasteiger partial charge on any atom is -0.375 e. The summed E-state index contributed by atoms with van der Waals surface area (Å²) in [5, 5.41) is 0.472. The van der Waals surface area contributed by atoms with E-state index in [-0.39, 0.29) is 10.9 Å². The standard InChI is InChI=1S/C13H12ClF3N2S/c1-6(11-7(2)19-12(18)20-11)8-3-9(13(15,16)17)5-10(14)4-8/h3-6H,1-2H3,(H2,18,19). The van der Waals surface area contributed by atoms with Crippen LogP contribution in [0.3, 0.4) is 0 Å². The Balaban J connectivity index is 2.47. The van der Waals surface area contributed by atoms with E-state index in [0.717, 1.165) is 22.7 Å². The van der Waals surface area contributed by atoms with E-state index in [0.29, 0.717) is 10.7 Å².